The van der Waals surface area contributed by atoms with Gasteiger partial charge in [-0.3, -0.25) is 0 Å². The maximum atomic E-state index is 6.33. The van der Waals surface area contributed by atoms with Crippen LogP contribution >= 0.6 is 0 Å². The normalized spacial score (nSPS) is 12.0. The molecule has 1 radical (unpaired) electrons. The molecule has 139 valence electrons. The van der Waals surface area contributed by atoms with Crippen LogP contribution in [0.5, 0.6) is 0 Å². The molecule has 0 atom stereocenters. The fourth-order valence-electron chi connectivity index (χ4n) is 2.71. The molecule has 0 saturated heterocycles. The molecule has 0 unspecified atom stereocenters. The zero-order valence-corrected chi connectivity index (χ0v) is 19.5. The molecule has 0 aromatic rings. The zero-order chi connectivity index (χ0) is 17.3. The second-order valence-corrected chi connectivity index (χ2v) is 12.1. The van der Waals surface area contributed by atoms with Gasteiger partial charge in [0.2, 0.25) is 0 Å². The van der Waals surface area contributed by atoms with E-state index in [9.17, 15) is 0 Å². The van der Waals surface area contributed by atoms with Crippen LogP contribution in [0.25, 0.3) is 0 Å². The Balaban J connectivity index is 4.09. The molecule has 23 heavy (non-hydrogen) atoms. The fourth-order valence-corrected chi connectivity index (χ4v) is 7.71. The average molecular weight is 434 g/mol. The van der Waals surface area contributed by atoms with Crippen LogP contribution < -0.4 is 0 Å². The summed E-state index contributed by atoms with van der Waals surface area (Å²) in [5, 5.41) is 0. The minimum atomic E-state index is -2.07. The Labute approximate surface area is 154 Å². The van der Waals surface area contributed by atoms with Crippen molar-refractivity contribution < 1.29 is 6.15 Å². The second-order valence-electron chi connectivity index (χ2n) is 6.88. The average Bonchev–Trinajstić information content (AvgIpc) is 2.58. The third kappa shape index (κ3) is 13.7. The van der Waals surface area contributed by atoms with Crippen molar-refractivity contribution in [3.05, 3.63) is 0 Å². The molecule has 0 bridgehead atoms. The molecule has 0 aliphatic carbocycles. The number of hydrogen-bond donors (Lipinski definition) is 0. The van der Waals surface area contributed by atoms with Crippen molar-refractivity contribution in [1.29, 1.82) is 0 Å². The first-order chi connectivity index (χ1) is 11.2. The Morgan fingerprint density at radius 2 is 1.04 bits per heavy atom. The molecule has 0 aliphatic heterocycles. The van der Waals surface area contributed by atoms with E-state index >= 15 is 0 Å². The first-order valence-electron chi connectivity index (χ1n) is 10.3. The fraction of sp³-hybridized carbons (Fsp3) is 1.00. The molecular formula is C20H43O2Sn. The van der Waals surface area contributed by atoms with Gasteiger partial charge in [0, 0.05) is 0 Å². The van der Waals surface area contributed by atoms with E-state index in [2.05, 4.69) is 34.6 Å². The summed E-state index contributed by atoms with van der Waals surface area (Å²) >= 11 is -2.07. The Bertz CT molecular complexity index is 212. The van der Waals surface area contributed by atoms with Gasteiger partial charge in [-0.05, 0) is 0 Å². The van der Waals surface area contributed by atoms with Crippen LogP contribution in [0.4, 0.5) is 0 Å². The van der Waals surface area contributed by atoms with E-state index in [-0.39, 0.29) is 0 Å². The monoisotopic (exact) mass is 435 g/mol. The van der Waals surface area contributed by atoms with Gasteiger partial charge < -0.3 is 0 Å². The van der Waals surface area contributed by atoms with Crippen LogP contribution in [0.3, 0.4) is 0 Å². The number of unbranched alkanes of at least 4 members (excludes halogenated alkanes) is 5. The summed E-state index contributed by atoms with van der Waals surface area (Å²) in [4.78, 5) is 0. The molecule has 0 N–H and O–H groups in total. The van der Waals surface area contributed by atoms with Crippen LogP contribution in [-0.4, -0.2) is 33.8 Å². The molecule has 0 rings (SSSR count). The third-order valence-corrected chi connectivity index (χ3v) is 9.97. The van der Waals surface area contributed by atoms with Crippen molar-refractivity contribution >= 4 is 20.6 Å². The van der Waals surface area contributed by atoms with Gasteiger partial charge in [-0.25, -0.2) is 0 Å². The zero-order valence-electron chi connectivity index (χ0n) is 16.7. The summed E-state index contributed by atoms with van der Waals surface area (Å²) in [6, 6.07) is 0. The van der Waals surface area contributed by atoms with E-state index < -0.39 is 20.6 Å². The molecule has 0 aliphatic rings. The van der Waals surface area contributed by atoms with Gasteiger partial charge in [0.1, 0.15) is 0 Å². The number of rotatable bonds is 17. The molecule has 3 heteroatoms. The summed E-state index contributed by atoms with van der Waals surface area (Å²) in [5.41, 5.74) is 0. The maximum absolute atomic E-state index is 6.33. The standard InChI is InChI=1S/C8H17.2C6H13O.Sn/c1-3-5-7-8-6-4-2;2*1-3-6(4-2)5-7;/h1,3-8H2,2H3;2*6H,3-5H2,1-2H3;/q;2*-1;+2. The van der Waals surface area contributed by atoms with E-state index in [0.717, 1.165) is 25.0 Å². The van der Waals surface area contributed by atoms with Gasteiger partial charge in [-0.15, -0.1) is 0 Å². The Kier molecular flexibility index (Phi) is 18.1. The van der Waals surface area contributed by atoms with E-state index in [4.69, 9.17) is 6.15 Å². The van der Waals surface area contributed by atoms with Crippen molar-refractivity contribution in [2.24, 2.45) is 11.8 Å². The number of hydrogen-bond acceptors (Lipinski definition) is 2. The minimum absolute atomic E-state index is 0.729. The molecular weight excluding hydrogens is 391 g/mol. The predicted octanol–water partition coefficient (Wildman–Crippen LogP) is 6.74. The van der Waals surface area contributed by atoms with Gasteiger partial charge >= 0.3 is 155 Å². The van der Waals surface area contributed by atoms with E-state index in [0.29, 0.717) is 0 Å². The Hall–Kier alpha value is 0.719. The van der Waals surface area contributed by atoms with Gasteiger partial charge in [0.05, 0.1) is 0 Å². The van der Waals surface area contributed by atoms with Crippen molar-refractivity contribution in [3.63, 3.8) is 0 Å². The van der Waals surface area contributed by atoms with E-state index in [1.54, 1.807) is 0 Å². The molecule has 0 aromatic heterocycles. The molecule has 0 heterocycles. The summed E-state index contributed by atoms with van der Waals surface area (Å²) in [5.74, 6) is 1.46. The molecule has 0 amide bonds. The quantitative estimate of drug-likeness (QED) is 0.187. The second kappa shape index (κ2) is 17.5. The van der Waals surface area contributed by atoms with Crippen molar-refractivity contribution in [1.82, 2.24) is 0 Å². The molecule has 0 saturated carbocycles. The van der Waals surface area contributed by atoms with Crippen molar-refractivity contribution in [3.8, 4) is 0 Å². The van der Waals surface area contributed by atoms with Crippen LogP contribution in [0.1, 0.15) is 98.8 Å². The third-order valence-electron chi connectivity index (χ3n) is 5.00. The first kappa shape index (κ1) is 23.7. The van der Waals surface area contributed by atoms with Crippen LogP contribution in [0.15, 0.2) is 0 Å². The molecule has 0 aromatic carbocycles. The summed E-state index contributed by atoms with van der Waals surface area (Å²) in [6.45, 7) is 13.3. The Morgan fingerprint density at radius 3 is 1.48 bits per heavy atom. The molecule has 0 spiro atoms. The summed E-state index contributed by atoms with van der Waals surface area (Å²) < 4.78 is 13.9. The van der Waals surface area contributed by atoms with E-state index in [1.807, 2.05) is 0 Å². The van der Waals surface area contributed by atoms with Gasteiger partial charge in [0.15, 0.2) is 0 Å². The molecule has 0 fully saturated rings. The molecule has 2 nitrogen and oxygen atoms in total. The summed E-state index contributed by atoms with van der Waals surface area (Å²) in [6.07, 6.45) is 13.1. The van der Waals surface area contributed by atoms with Crippen LogP contribution in [-0.2, 0) is 6.15 Å². The topological polar surface area (TPSA) is 18.5 Å². The first-order valence-corrected chi connectivity index (χ1v) is 14.7. The van der Waals surface area contributed by atoms with Gasteiger partial charge in [-0.2, -0.15) is 0 Å². The van der Waals surface area contributed by atoms with Crippen molar-refractivity contribution in [2.45, 2.75) is 103 Å². The van der Waals surface area contributed by atoms with Crippen LogP contribution in [0, 0.1) is 11.8 Å². The van der Waals surface area contributed by atoms with Crippen LogP contribution in [0.2, 0.25) is 4.44 Å². The van der Waals surface area contributed by atoms with Gasteiger partial charge in [-0.1, -0.05) is 0 Å². The SMILES string of the molecule is CCCCCCC[CH2][Sn]([O]CC(CC)CC)[O]CC(CC)CC. The van der Waals surface area contributed by atoms with Gasteiger partial charge in [0.25, 0.3) is 0 Å². The Morgan fingerprint density at radius 1 is 0.609 bits per heavy atom. The van der Waals surface area contributed by atoms with Crippen molar-refractivity contribution in [2.75, 3.05) is 13.2 Å². The van der Waals surface area contributed by atoms with E-state index in [1.165, 1.54) is 68.6 Å². The predicted molar refractivity (Wildman–Crippen MR) is 104 cm³/mol. The summed E-state index contributed by atoms with van der Waals surface area (Å²) in [7, 11) is 0.